The molecule has 0 radical (unpaired) electrons. The lowest BCUT2D eigenvalue weighted by Gasteiger charge is -2.50. The van der Waals surface area contributed by atoms with Crippen LogP contribution in [-0.4, -0.2) is 16.3 Å². The van der Waals surface area contributed by atoms with Crippen molar-refractivity contribution in [1.29, 1.82) is 0 Å². The van der Waals surface area contributed by atoms with E-state index in [1.807, 2.05) is 12.1 Å². The first-order valence-corrected chi connectivity index (χ1v) is 8.09. The average Bonchev–Trinajstić information content (AvgIpc) is 2.74. The molecule has 0 aromatic heterocycles. The van der Waals surface area contributed by atoms with Gasteiger partial charge in [0.1, 0.15) is 5.75 Å². The van der Waals surface area contributed by atoms with Crippen LogP contribution < -0.4 is 0 Å². The number of rotatable bonds is 0. The fourth-order valence-corrected chi connectivity index (χ4v) is 5.53. The number of phenols is 1. The molecule has 2 nitrogen and oxygen atoms in total. The minimum atomic E-state index is -0.0981. The van der Waals surface area contributed by atoms with Gasteiger partial charge in [-0.2, -0.15) is 0 Å². The highest BCUT2D eigenvalue weighted by Gasteiger charge is 2.54. The second-order valence-corrected chi connectivity index (χ2v) is 7.44. The van der Waals surface area contributed by atoms with Crippen LogP contribution in [-0.2, 0) is 6.42 Å². The second-order valence-electron chi connectivity index (χ2n) is 7.44. The van der Waals surface area contributed by atoms with Gasteiger partial charge >= 0.3 is 0 Å². The summed E-state index contributed by atoms with van der Waals surface area (Å²) < 4.78 is 0. The van der Waals surface area contributed by atoms with Crippen LogP contribution >= 0.6 is 0 Å². The molecule has 0 heterocycles. The van der Waals surface area contributed by atoms with Gasteiger partial charge in [0.15, 0.2) is 0 Å². The molecule has 1 aromatic carbocycles. The number of fused-ring (bicyclic) bond motifs is 5. The van der Waals surface area contributed by atoms with Gasteiger partial charge in [-0.25, -0.2) is 0 Å². The molecule has 2 fully saturated rings. The quantitative estimate of drug-likeness (QED) is 0.757. The van der Waals surface area contributed by atoms with Crippen LogP contribution in [0.2, 0.25) is 0 Å². The van der Waals surface area contributed by atoms with Gasteiger partial charge in [0.25, 0.3) is 0 Å². The third-order valence-electron chi connectivity index (χ3n) is 6.66. The van der Waals surface area contributed by atoms with E-state index >= 15 is 0 Å². The summed E-state index contributed by atoms with van der Waals surface area (Å²) in [7, 11) is 0. The van der Waals surface area contributed by atoms with Crippen LogP contribution in [0.3, 0.4) is 0 Å². The molecule has 0 unspecified atom stereocenters. The largest absolute Gasteiger partial charge is 0.508 e. The molecule has 4 rings (SSSR count). The summed E-state index contributed by atoms with van der Waals surface area (Å²) in [5.41, 5.74) is 2.98. The molecule has 2 heteroatoms. The minimum Gasteiger partial charge on any atom is -0.508 e. The zero-order valence-corrected chi connectivity index (χ0v) is 12.2. The molecule has 0 amide bonds. The number of hydrogen-bond donors (Lipinski definition) is 2. The first kappa shape index (κ1) is 12.7. The first-order valence-electron chi connectivity index (χ1n) is 8.09. The maximum absolute atomic E-state index is 10.4. The lowest BCUT2D eigenvalue weighted by molar-refractivity contribution is -0.0226. The molecule has 108 valence electrons. The SMILES string of the molecule is C[C@]12CC[C@H]3c4cc(O)ccc4CC[C@@H]3[C@@H]1CC[C@@H]2O. The molecule has 3 aliphatic carbocycles. The third-order valence-corrected chi connectivity index (χ3v) is 6.66. The summed E-state index contributed by atoms with van der Waals surface area (Å²) >= 11 is 0. The fourth-order valence-electron chi connectivity index (χ4n) is 5.53. The van der Waals surface area contributed by atoms with Gasteiger partial charge in [-0.15, -0.1) is 0 Å². The van der Waals surface area contributed by atoms with E-state index in [1.54, 1.807) is 0 Å². The molecule has 3 aliphatic rings. The number of aromatic hydroxyl groups is 1. The molecule has 1 aromatic rings. The van der Waals surface area contributed by atoms with Crippen molar-refractivity contribution >= 4 is 0 Å². The van der Waals surface area contributed by atoms with Gasteiger partial charge in [-0.1, -0.05) is 13.0 Å². The molecule has 2 N–H and O–H groups in total. The molecule has 2 saturated carbocycles. The number of aliphatic hydroxyl groups is 1. The number of phenolic OH excluding ortho intramolecular Hbond substituents is 1. The Hall–Kier alpha value is -1.02. The number of aryl methyl sites for hydroxylation is 1. The Morgan fingerprint density at radius 2 is 2.00 bits per heavy atom. The highest BCUT2D eigenvalue weighted by Crippen LogP contribution is 2.60. The van der Waals surface area contributed by atoms with Crippen molar-refractivity contribution in [2.24, 2.45) is 17.3 Å². The van der Waals surface area contributed by atoms with Gasteiger partial charge in [0, 0.05) is 0 Å². The summed E-state index contributed by atoms with van der Waals surface area (Å²) in [5.74, 6) is 2.39. The topological polar surface area (TPSA) is 40.5 Å². The summed E-state index contributed by atoms with van der Waals surface area (Å²) in [5, 5.41) is 20.2. The van der Waals surface area contributed by atoms with Crippen molar-refractivity contribution in [3.63, 3.8) is 0 Å². The zero-order chi connectivity index (χ0) is 13.9. The number of hydrogen-bond acceptors (Lipinski definition) is 2. The minimum absolute atomic E-state index is 0.0981. The van der Waals surface area contributed by atoms with E-state index in [4.69, 9.17) is 0 Å². The standard InChI is InChI=1S/C18H24O2/c1-18-9-8-13-14(16(18)6-7-17(18)20)5-3-11-2-4-12(19)10-15(11)13/h2,4,10,13-14,16-17,19-20H,3,5-9H2,1H3/t13-,14+,16+,17+,18+/m1/s1. The molecule has 0 saturated heterocycles. The highest BCUT2D eigenvalue weighted by molar-refractivity contribution is 5.40. The molecule has 0 aliphatic heterocycles. The average molecular weight is 272 g/mol. The van der Waals surface area contributed by atoms with Crippen LogP contribution in [0.4, 0.5) is 0 Å². The molecule has 20 heavy (non-hydrogen) atoms. The Morgan fingerprint density at radius 3 is 2.85 bits per heavy atom. The van der Waals surface area contributed by atoms with Gasteiger partial charge in [-0.05, 0) is 85.0 Å². The Balaban J connectivity index is 1.73. The summed E-state index contributed by atoms with van der Waals surface area (Å²) in [6.07, 6.45) is 6.78. The van der Waals surface area contributed by atoms with Crippen LogP contribution in [0.5, 0.6) is 5.75 Å². The Kier molecular flexibility index (Phi) is 2.69. The molecule has 0 bridgehead atoms. The van der Waals surface area contributed by atoms with Gasteiger partial charge in [0.05, 0.1) is 6.10 Å². The maximum atomic E-state index is 10.4. The number of benzene rings is 1. The van der Waals surface area contributed by atoms with E-state index in [-0.39, 0.29) is 11.5 Å². The van der Waals surface area contributed by atoms with E-state index in [2.05, 4.69) is 13.0 Å². The maximum Gasteiger partial charge on any atom is 0.115 e. The van der Waals surface area contributed by atoms with E-state index < -0.39 is 0 Å². The van der Waals surface area contributed by atoms with E-state index in [1.165, 1.54) is 30.4 Å². The van der Waals surface area contributed by atoms with Crippen molar-refractivity contribution in [1.82, 2.24) is 0 Å². The highest BCUT2D eigenvalue weighted by atomic mass is 16.3. The lowest BCUT2D eigenvalue weighted by Crippen LogP contribution is -2.43. The fraction of sp³-hybridized carbons (Fsp3) is 0.667. The monoisotopic (exact) mass is 272 g/mol. The molecular weight excluding hydrogens is 248 g/mol. The van der Waals surface area contributed by atoms with E-state index in [9.17, 15) is 10.2 Å². The molecule has 0 spiro atoms. The molecular formula is C18H24O2. The Morgan fingerprint density at radius 1 is 1.15 bits per heavy atom. The predicted molar refractivity (Wildman–Crippen MR) is 78.7 cm³/mol. The van der Waals surface area contributed by atoms with Gasteiger partial charge in [-0.3, -0.25) is 0 Å². The Labute approximate surface area is 120 Å². The zero-order valence-electron chi connectivity index (χ0n) is 12.2. The molecule has 5 atom stereocenters. The van der Waals surface area contributed by atoms with Crippen molar-refractivity contribution in [3.8, 4) is 5.75 Å². The van der Waals surface area contributed by atoms with Gasteiger partial charge < -0.3 is 10.2 Å². The predicted octanol–water partition coefficient (Wildman–Crippen LogP) is 3.61. The third kappa shape index (κ3) is 1.60. The summed E-state index contributed by atoms with van der Waals surface area (Å²) in [6.45, 7) is 2.31. The normalized spacial score (nSPS) is 42.7. The first-order chi connectivity index (χ1) is 9.59. The Bertz CT molecular complexity index is 538. The summed E-state index contributed by atoms with van der Waals surface area (Å²) in [6, 6.07) is 5.93. The van der Waals surface area contributed by atoms with Crippen LogP contribution in [0, 0.1) is 17.3 Å². The van der Waals surface area contributed by atoms with Crippen molar-refractivity contribution in [2.45, 2.75) is 57.5 Å². The van der Waals surface area contributed by atoms with E-state index in [0.717, 1.165) is 19.3 Å². The lowest BCUT2D eigenvalue weighted by atomic mass is 9.55. The van der Waals surface area contributed by atoms with Crippen LogP contribution in [0.15, 0.2) is 18.2 Å². The summed E-state index contributed by atoms with van der Waals surface area (Å²) in [4.78, 5) is 0. The van der Waals surface area contributed by atoms with Crippen molar-refractivity contribution in [2.75, 3.05) is 0 Å². The smallest absolute Gasteiger partial charge is 0.115 e. The second kappa shape index (κ2) is 4.24. The van der Waals surface area contributed by atoms with Gasteiger partial charge in [0.2, 0.25) is 0 Å². The van der Waals surface area contributed by atoms with E-state index in [0.29, 0.717) is 23.5 Å². The number of aliphatic hydroxyl groups excluding tert-OH is 1. The van der Waals surface area contributed by atoms with Crippen molar-refractivity contribution < 1.29 is 10.2 Å². The van der Waals surface area contributed by atoms with Crippen LogP contribution in [0.25, 0.3) is 0 Å². The van der Waals surface area contributed by atoms with Crippen molar-refractivity contribution in [3.05, 3.63) is 29.3 Å². The van der Waals surface area contributed by atoms with Crippen LogP contribution in [0.1, 0.15) is 56.1 Å².